The van der Waals surface area contributed by atoms with Crippen molar-refractivity contribution in [2.75, 3.05) is 5.32 Å². The number of amides is 1. The van der Waals surface area contributed by atoms with E-state index >= 15 is 0 Å². The van der Waals surface area contributed by atoms with Gasteiger partial charge in [-0.25, -0.2) is 4.98 Å². The Morgan fingerprint density at radius 3 is 2.80 bits per heavy atom. The maximum Gasteiger partial charge on any atom is 0.251 e. The molecule has 0 aromatic carbocycles. The number of rotatable bonds is 9. The molecule has 0 aliphatic rings. The summed E-state index contributed by atoms with van der Waals surface area (Å²) in [7, 11) is 0. The maximum absolute atomic E-state index is 12.5. The van der Waals surface area contributed by atoms with Gasteiger partial charge < -0.3 is 4.98 Å². The minimum Gasteiger partial charge on any atom is -0.301 e. The van der Waals surface area contributed by atoms with Crippen LogP contribution < -0.4 is 10.9 Å². The maximum atomic E-state index is 12.5. The van der Waals surface area contributed by atoms with Gasteiger partial charge in [-0.1, -0.05) is 50.3 Å². The highest BCUT2D eigenvalue weighted by atomic mass is 32.2. The van der Waals surface area contributed by atoms with Crippen LogP contribution in [0.25, 0.3) is 0 Å². The second-order valence-corrected chi connectivity index (χ2v) is 7.76. The number of aromatic amines is 1. The topological polar surface area (TPSA) is 101 Å². The van der Waals surface area contributed by atoms with E-state index in [1.54, 1.807) is 0 Å². The summed E-state index contributed by atoms with van der Waals surface area (Å²) in [5.41, 5.74) is 0.579. The molecule has 0 saturated carbocycles. The van der Waals surface area contributed by atoms with Gasteiger partial charge in [0.25, 0.3) is 5.56 Å². The Labute approximate surface area is 155 Å². The fraction of sp³-hybridized carbons (Fsp3) is 0.562. The van der Waals surface area contributed by atoms with E-state index in [2.05, 4.69) is 32.4 Å². The zero-order valence-corrected chi connectivity index (χ0v) is 16.3. The van der Waals surface area contributed by atoms with Gasteiger partial charge in [0.1, 0.15) is 5.01 Å². The van der Waals surface area contributed by atoms with Crippen molar-refractivity contribution in [1.82, 2.24) is 20.2 Å². The molecule has 2 aromatic heterocycles. The monoisotopic (exact) mass is 381 g/mol. The number of carbonyl (C=O) groups is 1. The van der Waals surface area contributed by atoms with Gasteiger partial charge in [0, 0.05) is 11.8 Å². The van der Waals surface area contributed by atoms with Gasteiger partial charge >= 0.3 is 0 Å². The van der Waals surface area contributed by atoms with E-state index in [0.29, 0.717) is 16.7 Å². The first-order valence-electron chi connectivity index (χ1n) is 8.45. The molecule has 0 bridgehead atoms. The molecule has 2 N–H and O–H groups in total. The molecule has 1 atom stereocenters. The average Bonchev–Trinajstić information content (AvgIpc) is 3.04. The molecule has 0 fully saturated rings. The lowest BCUT2D eigenvalue weighted by atomic mass is 10.2. The summed E-state index contributed by atoms with van der Waals surface area (Å²) < 4.78 is 0. The van der Waals surface area contributed by atoms with Gasteiger partial charge in [0.2, 0.25) is 11.0 Å². The van der Waals surface area contributed by atoms with Crippen molar-refractivity contribution in [2.45, 2.75) is 63.3 Å². The molecular formula is C16H23N5O2S2. The molecule has 0 spiro atoms. The number of thioether (sulfide) groups is 1. The highest BCUT2D eigenvalue weighted by Gasteiger charge is 2.21. The SMILES string of the molecule is CCCCc1cc(=O)[nH]c(SC(CC)C(=O)Nc2nnc(CC)s2)n1. The Hall–Kier alpha value is -1.74. The second kappa shape index (κ2) is 9.67. The number of unbranched alkanes of at least 4 members (excludes halogenated alkanes) is 1. The predicted octanol–water partition coefficient (Wildman–Crippen LogP) is 3.04. The first kappa shape index (κ1) is 19.6. The van der Waals surface area contributed by atoms with Crippen LogP contribution in [-0.4, -0.2) is 31.3 Å². The molecule has 9 heteroatoms. The Morgan fingerprint density at radius 2 is 2.16 bits per heavy atom. The van der Waals surface area contributed by atoms with Crippen LogP contribution >= 0.6 is 23.1 Å². The Kier molecular flexibility index (Phi) is 7.57. The first-order chi connectivity index (χ1) is 12.0. The average molecular weight is 382 g/mol. The molecule has 0 radical (unpaired) electrons. The lowest BCUT2D eigenvalue weighted by Gasteiger charge is -2.13. The third-order valence-electron chi connectivity index (χ3n) is 3.48. The van der Waals surface area contributed by atoms with Crippen LogP contribution in [0.3, 0.4) is 0 Å². The van der Waals surface area contributed by atoms with E-state index < -0.39 is 0 Å². The van der Waals surface area contributed by atoms with Gasteiger partial charge in [-0.15, -0.1) is 10.2 Å². The van der Waals surface area contributed by atoms with Crippen LogP contribution in [0.4, 0.5) is 5.13 Å². The molecule has 1 unspecified atom stereocenters. The number of carbonyl (C=O) groups excluding carboxylic acids is 1. The van der Waals surface area contributed by atoms with E-state index in [-0.39, 0.29) is 16.7 Å². The highest BCUT2D eigenvalue weighted by molar-refractivity contribution is 8.00. The predicted molar refractivity (Wildman–Crippen MR) is 101 cm³/mol. The molecule has 7 nitrogen and oxygen atoms in total. The summed E-state index contributed by atoms with van der Waals surface area (Å²) >= 11 is 2.64. The minimum absolute atomic E-state index is 0.159. The van der Waals surface area contributed by atoms with E-state index in [1.807, 2.05) is 13.8 Å². The van der Waals surface area contributed by atoms with E-state index in [4.69, 9.17) is 0 Å². The summed E-state index contributed by atoms with van der Waals surface area (Å²) in [6, 6.07) is 1.52. The molecule has 1 amide bonds. The van der Waals surface area contributed by atoms with Crippen molar-refractivity contribution in [3.05, 3.63) is 27.1 Å². The van der Waals surface area contributed by atoms with Crippen molar-refractivity contribution in [3.8, 4) is 0 Å². The highest BCUT2D eigenvalue weighted by Crippen LogP contribution is 2.24. The van der Waals surface area contributed by atoms with E-state index in [9.17, 15) is 9.59 Å². The number of aromatic nitrogens is 4. The second-order valence-electron chi connectivity index (χ2n) is 5.50. The zero-order valence-electron chi connectivity index (χ0n) is 14.7. The van der Waals surface area contributed by atoms with Crippen molar-refractivity contribution < 1.29 is 4.79 Å². The molecule has 136 valence electrons. The molecule has 25 heavy (non-hydrogen) atoms. The molecular weight excluding hydrogens is 358 g/mol. The molecule has 0 saturated heterocycles. The number of nitrogens with zero attached hydrogens (tertiary/aromatic N) is 3. The van der Waals surface area contributed by atoms with Crippen molar-refractivity contribution in [1.29, 1.82) is 0 Å². The third-order valence-corrected chi connectivity index (χ3v) is 5.71. The molecule has 2 heterocycles. The molecule has 2 rings (SSSR count). The van der Waals surface area contributed by atoms with Crippen LogP contribution in [0.2, 0.25) is 0 Å². The summed E-state index contributed by atoms with van der Waals surface area (Å²) in [4.78, 5) is 31.5. The lowest BCUT2D eigenvalue weighted by molar-refractivity contribution is -0.115. The van der Waals surface area contributed by atoms with E-state index in [0.717, 1.165) is 36.4 Å². The number of hydrogen-bond acceptors (Lipinski definition) is 7. The van der Waals surface area contributed by atoms with Crippen molar-refractivity contribution >= 4 is 34.1 Å². The summed E-state index contributed by atoms with van der Waals surface area (Å²) in [5, 5.41) is 12.3. The van der Waals surface area contributed by atoms with Crippen LogP contribution in [0.5, 0.6) is 0 Å². The molecule has 0 aliphatic heterocycles. The summed E-state index contributed by atoms with van der Waals surface area (Å²) in [5.74, 6) is -0.159. The largest absolute Gasteiger partial charge is 0.301 e. The Morgan fingerprint density at radius 1 is 1.36 bits per heavy atom. The van der Waals surface area contributed by atoms with Crippen LogP contribution in [0.15, 0.2) is 16.0 Å². The van der Waals surface area contributed by atoms with Gasteiger partial charge in [-0.2, -0.15) is 0 Å². The summed E-state index contributed by atoms with van der Waals surface area (Å²) in [6.07, 6.45) is 4.18. The molecule has 2 aromatic rings. The quantitative estimate of drug-likeness (QED) is 0.511. The van der Waals surface area contributed by atoms with Gasteiger partial charge in [-0.3, -0.25) is 14.9 Å². The lowest BCUT2D eigenvalue weighted by Crippen LogP contribution is -2.25. The zero-order chi connectivity index (χ0) is 18.2. The number of anilines is 1. The van der Waals surface area contributed by atoms with Gasteiger partial charge in [0.05, 0.1) is 5.25 Å². The van der Waals surface area contributed by atoms with Crippen molar-refractivity contribution in [3.63, 3.8) is 0 Å². The van der Waals surface area contributed by atoms with Crippen LogP contribution in [0.1, 0.15) is 50.7 Å². The Bertz CT molecular complexity index is 759. The van der Waals surface area contributed by atoms with Crippen molar-refractivity contribution in [2.24, 2.45) is 0 Å². The fourth-order valence-electron chi connectivity index (χ4n) is 2.12. The number of hydrogen-bond donors (Lipinski definition) is 2. The third kappa shape index (κ3) is 5.93. The smallest absolute Gasteiger partial charge is 0.251 e. The number of H-pyrrole nitrogens is 1. The van der Waals surface area contributed by atoms with E-state index in [1.165, 1.54) is 29.2 Å². The minimum atomic E-state index is -0.362. The van der Waals surface area contributed by atoms with Gasteiger partial charge in [-0.05, 0) is 25.7 Å². The van der Waals surface area contributed by atoms with Crippen LogP contribution in [-0.2, 0) is 17.6 Å². The summed E-state index contributed by atoms with van der Waals surface area (Å²) in [6.45, 7) is 6.01. The van der Waals surface area contributed by atoms with Crippen LogP contribution in [0, 0.1) is 0 Å². The first-order valence-corrected chi connectivity index (χ1v) is 10.1. The standard InChI is InChI=1S/C16H23N5O2S2/c1-4-7-8-10-9-12(22)18-15(17-10)24-11(5-2)14(23)19-16-21-20-13(6-3)25-16/h9,11H,4-8H2,1-3H3,(H,17,18,22)(H,19,21,23). The number of nitrogens with one attached hydrogen (secondary N) is 2. The Balaban J connectivity index is 2.06. The normalized spacial score (nSPS) is 12.1. The van der Waals surface area contributed by atoms with Gasteiger partial charge in [0.15, 0.2) is 5.16 Å². The molecule has 0 aliphatic carbocycles. The fourth-order valence-corrected chi connectivity index (χ4v) is 3.73. The number of aryl methyl sites for hydroxylation is 2.